The van der Waals surface area contributed by atoms with Crippen molar-refractivity contribution >= 4 is 11.6 Å². The molecule has 1 amide bonds. The summed E-state index contributed by atoms with van der Waals surface area (Å²) in [6, 6.07) is 19.8. The largest absolute Gasteiger partial charge is 0.496 e. The summed E-state index contributed by atoms with van der Waals surface area (Å²) < 4.78 is 11.5. The molecule has 3 aromatic rings. The summed E-state index contributed by atoms with van der Waals surface area (Å²) in [7, 11) is 1.66. The van der Waals surface area contributed by atoms with Gasteiger partial charge in [-0.2, -0.15) is 0 Å². The lowest BCUT2D eigenvalue weighted by Crippen LogP contribution is -2.41. The van der Waals surface area contributed by atoms with Crippen molar-refractivity contribution in [1.29, 1.82) is 0 Å². The van der Waals surface area contributed by atoms with Crippen LogP contribution in [0.3, 0.4) is 0 Å². The second-order valence-electron chi connectivity index (χ2n) is 7.97. The number of pyridine rings is 1. The number of hydrogen-bond donors (Lipinski definition) is 2. The monoisotopic (exact) mass is 431 g/mol. The zero-order chi connectivity index (χ0) is 22.2. The number of para-hydroxylation sites is 1. The first kappa shape index (κ1) is 21.8. The molecule has 166 valence electrons. The molecule has 4 rings (SSSR count). The van der Waals surface area contributed by atoms with Gasteiger partial charge in [-0.15, -0.1) is 0 Å². The van der Waals surface area contributed by atoms with Crippen LogP contribution in [0, 0.1) is 0 Å². The molecule has 6 nitrogen and oxygen atoms in total. The Hall–Kier alpha value is -3.38. The molecule has 1 aliphatic rings. The molecule has 0 saturated heterocycles. The van der Waals surface area contributed by atoms with Crippen LogP contribution in [0.1, 0.15) is 40.7 Å². The highest BCUT2D eigenvalue weighted by Gasteiger charge is 2.29. The minimum Gasteiger partial charge on any atom is -0.496 e. The molecule has 1 heterocycles. The molecule has 0 aliphatic heterocycles. The highest BCUT2D eigenvalue weighted by molar-refractivity contribution is 5.95. The Kier molecular flexibility index (Phi) is 7.35. The topological polar surface area (TPSA) is 72.5 Å². The van der Waals surface area contributed by atoms with Crippen LogP contribution < -0.4 is 15.4 Å². The molecule has 2 aromatic carbocycles. The maximum Gasteiger partial charge on any atom is 0.253 e. The van der Waals surface area contributed by atoms with Gasteiger partial charge in [-0.05, 0) is 37.0 Å². The number of carbonyl (C=O) groups excluding carboxylic acids is 1. The summed E-state index contributed by atoms with van der Waals surface area (Å²) in [6.07, 6.45) is 6.26. The molecule has 1 aromatic heterocycles. The molecule has 0 spiro atoms. The molecule has 0 unspecified atom stereocenters. The minimum absolute atomic E-state index is 0.0106. The average molecular weight is 432 g/mol. The number of ether oxygens (including phenoxy) is 2. The summed E-state index contributed by atoms with van der Waals surface area (Å²) in [4.78, 5) is 17.1. The fourth-order valence-electron chi connectivity index (χ4n) is 4.03. The SMILES string of the molecule is COc1ccccc1CNc1cncc(C(=O)N[C@H]2CCC[C@@H]2OCc2ccccc2)c1. The molecule has 2 N–H and O–H groups in total. The third-order valence-electron chi connectivity index (χ3n) is 5.75. The summed E-state index contributed by atoms with van der Waals surface area (Å²) in [5.41, 5.74) is 3.49. The van der Waals surface area contributed by atoms with E-state index in [2.05, 4.69) is 27.8 Å². The maximum absolute atomic E-state index is 12.9. The predicted molar refractivity (Wildman–Crippen MR) is 125 cm³/mol. The van der Waals surface area contributed by atoms with Gasteiger partial charge in [-0.1, -0.05) is 48.5 Å². The Balaban J connectivity index is 1.34. The first-order chi connectivity index (χ1) is 15.7. The van der Waals surface area contributed by atoms with E-state index in [1.54, 1.807) is 19.5 Å². The van der Waals surface area contributed by atoms with E-state index in [0.29, 0.717) is 18.7 Å². The standard InChI is InChI=1S/C26H29N3O3/c1-31-24-12-6-5-10-20(24)16-28-22-14-21(15-27-17-22)26(30)29-23-11-7-13-25(23)32-18-19-8-3-2-4-9-19/h2-6,8-10,12,14-15,17,23,25,28H,7,11,13,16,18H2,1H3,(H,29,30)/t23-,25-/m0/s1. The zero-order valence-electron chi connectivity index (χ0n) is 18.3. The van der Waals surface area contributed by atoms with Crippen LogP contribution in [0.4, 0.5) is 5.69 Å². The predicted octanol–water partition coefficient (Wildman–Crippen LogP) is 4.57. The number of benzene rings is 2. The highest BCUT2D eigenvalue weighted by Crippen LogP contribution is 2.24. The number of nitrogens with zero attached hydrogens (tertiary/aromatic N) is 1. The lowest BCUT2D eigenvalue weighted by atomic mass is 10.1. The quantitative estimate of drug-likeness (QED) is 0.519. The van der Waals surface area contributed by atoms with E-state index in [4.69, 9.17) is 9.47 Å². The number of carbonyl (C=O) groups is 1. The number of rotatable bonds is 9. The van der Waals surface area contributed by atoms with E-state index in [0.717, 1.165) is 41.8 Å². The molecule has 1 saturated carbocycles. The van der Waals surface area contributed by atoms with E-state index in [1.807, 2.05) is 48.5 Å². The Morgan fingerprint density at radius 3 is 2.72 bits per heavy atom. The molecular weight excluding hydrogens is 402 g/mol. The van der Waals surface area contributed by atoms with Gasteiger partial charge in [0.15, 0.2) is 0 Å². The van der Waals surface area contributed by atoms with E-state index in [9.17, 15) is 4.79 Å². The van der Waals surface area contributed by atoms with Crippen molar-refractivity contribution < 1.29 is 14.3 Å². The molecular formula is C26H29N3O3. The Morgan fingerprint density at radius 2 is 1.88 bits per heavy atom. The van der Waals surface area contributed by atoms with Crippen molar-refractivity contribution in [2.75, 3.05) is 12.4 Å². The highest BCUT2D eigenvalue weighted by atomic mass is 16.5. The molecule has 1 fully saturated rings. The van der Waals surface area contributed by atoms with Crippen LogP contribution in [0.25, 0.3) is 0 Å². The van der Waals surface area contributed by atoms with Crippen molar-refractivity contribution in [3.05, 3.63) is 89.7 Å². The van der Waals surface area contributed by atoms with Crippen LogP contribution in [0.5, 0.6) is 5.75 Å². The zero-order valence-corrected chi connectivity index (χ0v) is 18.3. The first-order valence-electron chi connectivity index (χ1n) is 11.0. The van der Waals surface area contributed by atoms with Gasteiger partial charge in [-0.3, -0.25) is 9.78 Å². The van der Waals surface area contributed by atoms with Gasteiger partial charge in [0.05, 0.1) is 37.1 Å². The van der Waals surface area contributed by atoms with E-state index in [-0.39, 0.29) is 18.1 Å². The summed E-state index contributed by atoms with van der Waals surface area (Å²) in [5.74, 6) is 0.697. The van der Waals surface area contributed by atoms with E-state index >= 15 is 0 Å². The normalized spacial score (nSPS) is 17.7. The van der Waals surface area contributed by atoms with Crippen LogP contribution in [0.15, 0.2) is 73.1 Å². The molecule has 2 atom stereocenters. The number of anilines is 1. The third kappa shape index (κ3) is 5.65. The van der Waals surface area contributed by atoms with Gasteiger partial charge < -0.3 is 20.1 Å². The number of methoxy groups -OCH3 is 1. The molecule has 6 heteroatoms. The lowest BCUT2D eigenvalue weighted by molar-refractivity contribution is 0.0272. The number of hydrogen-bond acceptors (Lipinski definition) is 5. The van der Waals surface area contributed by atoms with Gasteiger partial charge in [-0.25, -0.2) is 0 Å². The van der Waals surface area contributed by atoms with Crippen molar-refractivity contribution in [1.82, 2.24) is 10.3 Å². The fourth-order valence-corrected chi connectivity index (χ4v) is 4.03. The Bertz CT molecular complexity index is 1030. The first-order valence-corrected chi connectivity index (χ1v) is 11.0. The van der Waals surface area contributed by atoms with Crippen molar-refractivity contribution in [2.24, 2.45) is 0 Å². The summed E-state index contributed by atoms with van der Waals surface area (Å²) in [6.45, 7) is 1.14. The summed E-state index contributed by atoms with van der Waals surface area (Å²) >= 11 is 0. The Morgan fingerprint density at radius 1 is 1.06 bits per heavy atom. The van der Waals surface area contributed by atoms with Crippen LogP contribution in [-0.2, 0) is 17.9 Å². The smallest absolute Gasteiger partial charge is 0.253 e. The van der Waals surface area contributed by atoms with Gasteiger partial charge in [0.1, 0.15) is 5.75 Å². The third-order valence-corrected chi connectivity index (χ3v) is 5.75. The summed E-state index contributed by atoms with van der Waals surface area (Å²) in [5, 5.41) is 6.47. The van der Waals surface area contributed by atoms with Gasteiger partial charge in [0.2, 0.25) is 0 Å². The van der Waals surface area contributed by atoms with Crippen molar-refractivity contribution in [3.8, 4) is 5.75 Å². The fraction of sp³-hybridized carbons (Fsp3) is 0.308. The van der Waals surface area contributed by atoms with Gasteiger partial charge >= 0.3 is 0 Å². The van der Waals surface area contributed by atoms with Crippen LogP contribution in [-0.4, -0.2) is 30.1 Å². The minimum atomic E-state index is -0.126. The number of nitrogens with one attached hydrogen (secondary N) is 2. The van der Waals surface area contributed by atoms with Crippen LogP contribution >= 0.6 is 0 Å². The molecule has 0 radical (unpaired) electrons. The molecule has 32 heavy (non-hydrogen) atoms. The second kappa shape index (κ2) is 10.8. The van der Waals surface area contributed by atoms with Gasteiger partial charge in [0.25, 0.3) is 5.91 Å². The average Bonchev–Trinajstić information content (AvgIpc) is 3.29. The Labute approximate surface area is 189 Å². The number of aromatic nitrogens is 1. The second-order valence-corrected chi connectivity index (χ2v) is 7.97. The van der Waals surface area contributed by atoms with Gasteiger partial charge in [0, 0.05) is 24.5 Å². The maximum atomic E-state index is 12.9. The van der Waals surface area contributed by atoms with Crippen LogP contribution in [0.2, 0.25) is 0 Å². The van der Waals surface area contributed by atoms with Crippen molar-refractivity contribution in [3.63, 3.8) is 0 Å². The van der Waals surface area contributed by atoms with E-state index < -0.39 is 0 Å². The number of amides is 1. The molecule has 0 bridgehead atoms. The van der Waals surface area contributed by atoms with Crippen molar-refractivity contribution in [2.45, 2.75) is 44.6 Å². The van der Waals surface area contributed by atoms with E-state index in [1.165, 1.54) is 0 Å². The lowest BCUT2D eigenvalue weighted by Gasteiger charge is -2.21. The molecule has 1 aliphatic carbocycles.